The number of ether oxygens (including phenoxy) is 1. The van der Waals surface area contributed by atoms with Crippen LogP contribution in [0.25, 0.3) is 0 Å². The van der Waals surface area contributed by atoms with E-state index in [-0.39, 0.29) is 12.4 Å². The third kappa shape index (κ3) is 3.73. The Morgan fingerprint density at radius 3 is 2.76 bits per heavy atom. The molecule has 0 fully saturated rings. The van der Waals surface area contributed by atoms with Crippen LogP contribution in [0.5, 0.6) is 5.75 Å². The summed E-state index contributed by atoms with van der Waals surface area (Å²) in [7, 11) is 0. The Morgan fingerprint density at radius 1 is 1.33 bits per heavy atom. The Kier molecular flexibility index (Phi) is 4.49. The van der Waals surface area contributed by atoms with Crippen molar-refractivity contribution in [3.05, 3.63) is 51.7 Å². The number of nitrogens with one attached hydrogen (secondary N) is 1. The summed E-state index contributed by atoms with van der Waals surface area (Å²) in [6.07, 6.45) is -4.42. The van der Waals surface area contributed by atoms with Gasteiger partial charge in [0.1, 0.15) is 12.4 Å². The molecule has 0 aliphatic rings. The molecule has 1 amide bonds. The highest BCUT2D eigenvalue weighted by molar-refractivity contribution is 7.12. The molecule has 4 nitrogen and oxygen atoms in total. The average molecular weight is 316 g/mol. The van der Waals surface area contributed by atoms with E-state index in [1.807, 2.05) is 5.43 Å². The number of hydrogen-bond acceptors (Lipinski definition) is 4. The molecule has 8 heteroatoms. The number of benzene rings is 1. The summed E-state index contributed by atoms with van der Waals surface area (Å²) < 4.78 is 43.0. The zero-order valence-corrected chi connectivity index (χ0v) is 11.4. The van der Waals surface area contributed by atoms with E-state index in [0.29, 0.717) is 10.4 Å². The first kappa shape index (κ1) is 15.3. The first-order valence-electron chi connectivity index (χ1n) is 5.79. The molecule has 0 saturated carbocycles. The van der Waals surface area contributed by atoms with Crippen molar-refractivity contribution < 1.29 is 22.7 Å². The van der Waals surface area contributed by atoms with Gasteiger partial charge in [0, 0.05) is 5.56 Å². The van der Waals surface area contributed by atoms with Crippen molar-refractivity contribution in [2.45, 2.75) is 12.8 Å². The number of nitrogen functional groups attached to an aromatic ring is 1. The van der Waals surface area contributed by atoms with Crippen LogP contribution in [0.4, 0.5) is 13.2 Å². The second-order valence-electron chi connectivity index (χ2n) is 4.06. The molecule has 2 aromatic rings. The van der Waals surface area contributed by atoms with Gasteiger partial charge in [-0.05, 0) is 29.6 Å². The van der Waals surface area contributed by atoms with E-state index in [4.69, 9.17) is 10.6 Å². The highest BCUT2D eigenvalue weighted by Gasteiger charge is 2.30. The number of carbonyl (C=O) groups excluding carboxylic acids is 1. The summed E-state index contributed by atoms with van der Waals surface area (Å²) >= 11 is 1.17. The molecule has 112 valence electrons. The van der Waals surface area contributed by atoms with E-state index in [2.05, 4.69) is 0 Å². The van der Waals surface area contributed by atoms with Gasteiger partial charge in [-0.15, -0.1) is 11.3 Å². The average Bonchev–Trinajstić information content (AvgIpc) is 2.92. The van der Waals surface area contributed by atoms with E-state index in [1.54, 1.807) is 11.4 Å². The quantitative estimate of drug-likeness (QED) is 0.518. The predicted molar refractivity (Wildman–Crippen MR) is 71.7 cm³/mol. The lowest BCUT2D eigenvalue weighted by Crippen LogP contribution is -2.30. The zero-order chi connectivity index (χ0) is 15.5. The van der Waals surface area contributed by atoms with Gasteiger partial charge in [-0.25, -0.2) is 5.84 Å². The normalized spacial score (nSPS) is 11.2. The molecule has 0 atom stereocenters. The van der Waals surface area contributed by atoms with Crippen LogP contribution in [0, 0.1) is 0 Å². The molecule has 0 saturated heterocycles. The van der Waals surface area contributed by atoms with Gasteiger partial charge in [0.05, 0.1) is 10.4 Å². The van der Waals surface area contributed by atoms with Gasteiger partial charge in [-0.3, -0.25) is 10.2 Å². The number of carbonyl (C=O) groups is 1. The van der Waals surface area contributed by atoms with E-state index in [1.165, 1.54) is 23.5 Å². The van der Waals surface area contributed by atoms with Crippen molar-refractivity contribution in [1.82, 2.24) is 5.43 Å². The smallest absolute Gasteiger partial charge is 0.416 e. The fourth-order valence-electron chi connectivity index (χ4n) is 1.64. The molecule has 0 radical (unpaired) electrons. The minimum atomic E-state index is -4.42. The molecule has 0 unspecified atom stereocenters. The molecule has 3 N–H and O–H groups in total. The Bertz CT molecular complexity index is 640. The highest BCUT2D eigenvalue weighted by Crippen LogP contribution is 2.31. The largest absolute Gasteiger partial charge is 0.489 e. The number of hydrogen-bond donors (Lipinski definition) is 2. The monoisotopic (exact) mass is 316 g/mol. The minimum absolute atomic E-state index is 0.0203. The molecule has 0 aliphatic heterocycles. The molecule has 0 aliphatic carbocycles. The lowest BCUT2D eigenvalue weighted by atomic mass is 10.2. The first-order valence-corrected chi connectivity index (χ1v) is 6.67. The fraction of sp³-hybridized carbons (Fsp3) is 0.154. The van der Waals surface area contributed by atoms with Crippen LogP contribution in [0.15, 0.2) is 35.7 Å². The van der Waals surface area contributed by atoms with Gasteiger partial charge in [0.2, 0.25) is 0 Å². The molecular formula is C13H11F3N2O2S. The Labute approximate surface area is 122 Å². The molecule has 0 bridgehead atoms. The van der Waals surface area contributed by atoms with Gasteiger partial charge < -0.3 is 4.74 Å². The maximum Gasteiger partial charge on any atom is 0.416 e. The molecular weight excluding hydrogens is 305 g/mol. The number of halogens is 3. The molecule has 1 aromatic heterocycles. The lowest BCUT2D eigenvalue weighted by Gasteiger charge is -2.10. The van der Waals surface area contributed by atoms with Crippen molar-refractivity contribution in [3.8, 4) is 5.75 Å². The van der Waals surface area contributed by atoms with E-state index >= 15 is 0 Å². The van der Waals surface area contributed by atoms with Crippen molar-refractivity contribution in [1.29, 1.82) is 0 Å². The summed E-state index contributed by atoms with van der Waals surface area (Å²) in [6, 6.07) is 6.21. The standard InChI is InChI=1S/C13H11F3N2O2S/c14-13(15,16)9-2-1-3-10(6-9)20-7-8-4-5-21-11(8)12(19)18-17/h1-6H,7,17H2,(H,18,19). The van der Waals surface area contributed by atoms with Gasteiger partial charge in [-0.2, -0.15) is 13.2 Å². The van der Waals surface area contributed by atoms with Crippen LogP contribution in [-0.2, 0) is 12.8 Å². The van der Waals surface area contributed by atoms with Gasteiger partial charge in [0.25, 0.3) is 5.91 Å². The first-order chi connectivity index (χ1) is 9.91. The number of hydrazine groups is 1. The highest BCUT2D eigenvalue weighted by atomic mass is 32.1. The Morgan fingerprint density at radius 2 is 2.10 bits per heavy atom. The predicted octanol–water partition coefficient (Wildman–Crippen LogP) is 2.95. The number of rotatable bonds is 4. The van der Waals surface area contributed by atoms with Crippen LogP contribution in [0.3, 0.4) is 0 Å². The Hall–Kier alpha value is -2.06. The van der Waals surface area contributed by atoms with Crippen LogP contribution < -0.4 is 16.0 Å². The van der Waals surface area contributed by atoms with Crippen molar-refractivity contribution in [2.24, 2.45) is 5.84 Å². The second kappa shape index (κ2) is 6.15. The SMILES string of the molecule is NNC(=O)c1sccc1COc1cccc(C(F)(F)F)c1. The number of thiophene rings is 1. The van der Waals surface area contributed by atoms with Gasteiger partial charge in [-0.1, -0.05) is 6.07 Å². The summed E-state index contributed by atoms with van der Waals surface area (Å²) in [5.74, 6) is 4.66. The molecule has 21 heavy (non-hydrogen) atoms. The minimum Gasteiger partial charge on any atom is -0.489 e. The van der Waals surface area contributed by atoms with Crippen LogP contribution in [0.2, 0.25) is 0 Å². The fourth-order valence-corrected chi connectivity index (χ4v) is 2.45. The lowest BCUT2D eigenvalue weighted by molar-refractivity contribution is -0.137. The molecule has 2 rings (SSSR count). The maximum absolute atomic E-state index is 12.6. The van der Waals surface area contributed by atoms with Gasteiger partial charge >= 0.3 is 6.18 Å². The van der Waals surface area contributed by atoms with Crippen molar-refractivity contribution in [2.75, 3.05) is 0 Å². The summed E-state index contributed by atoms with van der Waals surface area (Å²) in [6.45, 7) is -0.0203. The number of amides is 1. The number of alkyl halides is 3. The van der Waals surface area contributed by atoms with Gasteiger partial charge in [0.15, 0.2) is 0 Å². The topological polar surface area (TPSA) is 64.3 Å². The van der Waals surface area contributed by atoms with Crippen molar-refractivity contribution >= 4 is 17.2 Å². The van der Waals surface area contributed by atoms with Crippen LogP contribution in [-0.4, -0.2) is 5.91 Å². The summed E-state index contributed by atoms with van der Waals surface area (Å²) in [5.41, 5.74) is 1.77. The van der Waals surface area contributed by atoms with E-state index < -0.39 is 17.6 Å². The van der Waals surface area contributed by atoms with Crippen LogP contribution in [0.1, 0.15) is 20.8 Å². The van der Waals surface area contributed by atoms with E-state index in [0.717, 1.165) is 12.1 Å². The van der Waals surface area contributed by atoms with Crippen LogP contribution >= 0.6 is 11.3 Å². The molecule has 0 spiro atoms. The molecule has 1 aromatic carbocycles. The zero-order valence-electron chi connectivity index (χ0n) is 10.6. The Balaban J connectivity index is 2.11. The molecule has 1 heterocycles. The number of nitrogens with two attached hydrogens (primary N) is 1. The van der Waals surface area contributed by atoms with E-state index in [9.17, 15) is 18.0 Å². The maximum atomic E-state index is 12.6. The second-order valence-corrected chi connectivity index (χ2v) is 4.98. The third-order valence-corrected chi connectivity index (χ3v) is 3.60. The van der Waals surface area contributed by atoms with Crippen molar-refractivity contribution in [3.63, 3.8) is 0 Å². The third-order valence-electron chi connectivity index (χ3n) is 2.64. The summed E-state index contributed by atoms with van der Waals surface area (Å²) in [4.78, 5) is 11.8. The summed E-state index contributed by atoms with van der Waals surface area (Å²) in [5, 5.41) is 1.68.